The number of carbonyl (C=O) groups is 2. The Morgan fingerprint density at radius 2 is 1.79 bits per heavy atom. The highest BCUT2D eigenvalue weighted by Crippen LogP contribution is 2.23. The molecule has 2 amide bonds. The maximum absolute atomic E-state index is 13.0. The summed E-state index contributed by atoms with van der Waals surface area (Å²) >= 11 is 9.51. The van der Waals surface area contributed by atoms with Gasteiger partial charge in [0.1, 0.15) is 11.8 Å². The molecule has 0 aliphatic rings. The Bertz CT molecular complexity index is 829. The smallest absolute Gasteiger partial charge is 0.261 e. The number of nitrogens with zero attached hydrogens (tertiary/aromatic N) is 1. The van der Waals surface area contributed by atoms with Crippen LogP contribution >= 0.6 is 27.5 Å². The molecule has 0 fully saturated rings. The van der Waals surface area contributed by atoms with Gasteiger partial charge in [0.05, 0.1) is 5.02 Å². The topological polar surface area (TPSA) is 58.6 Å². The second-order valence-corrected chi connectivity index (χ2v) is 8.18. The summed E-state index contributed by atoms with van der Waals surface area (Å²) in [7, 11) is 0. The summed E-state index contributed by atoms with van der Waals surface area (Å²) in [4.78, 5) is 27.2. The molecule has 0 saturated carbocycles. The van der Waals surface area contributed by atoms with E-state index < -0.39 is 6.04 Å². The Morgan fingerprint density at radius 1 is 1.14 bits per heavy atom. The molecule has 0 heterocycles. The number of hydrogen-bond donors (Lipinski definition) is 1. The standard InChI is InChI=1S/C22H26BrClN2O3/c1-4-15(2)25-22(28)16(3)26(13-17-9-11-18(23)12-10-17)21(27)14-29-20-8-6-5-7-19(20)24/h5-12,15-16H,4,13-14H2,1-3H3,(H,25,28)/t15-,16-/m1/s1. The first-order valence-corrected chi connectivity index (χ1v) is 10.7. The average Bonchev–Trinajstić information content (AvgIpc) is 2.71. The third-order valence-corrected chi connectivity index (χ3v) is 5.46. The van der Waals surface area contributed by atoms with Crippen LogP contribution in [-0.4, -0.2) is 35.4 Å². The number of hydrogen-bond acceptors (Lipinski definition) is 3. The first-order valence-electron chi connectivity index (χ1n) is 9.53. The van der Waals surface area contributed by atoms with Gasteiger partial charge in [0, 0.05) is 17.1 Å². The molecule has 1 N–H and O–H groups in total. The second-order valence-electron chi connectivity index (χ2n) is 6.86. The highest BCUT2D eigenvalue weighted by Gasteiger charge is 2.27. The molecule has 2 atom stereocenters. The molecule has 0 aliphatic heterocycles. The maximum atomic E-state index is 13.0. The third-order valence-electron chi connectivity index (χ3n) is 4.62. The minimum Gasteiger partial charge on any atom is -0.482 e. The van der Waals surface area contributed by atoms with Gasteiger partial charge >= 0.3 is 0 Å². The van der Waals surface area contributed by atoms with Crippen molar-refractivity contribution in [2.45, 2.75) is 45.8 Å². The SMILES string of the molecule is CC[C@@H](C)NC(=O)[C@@H](C)N(Cc1ccc(Br)cc1)C(=O)COc1ccccc1Cl. The van der Waals surface area contributed by atoms with Gasteiger partial charge in [-0.1, -0.05) is 58.7 Å². The number of ether oxygens (including phenoxy) is 1. The summed E-state index contributed by atoms with van der Waals surface area (Å²) in [5.74, 6) is -0.0509. The number of carbonyl (C=O) groups excluding carboxylic acids is 2. The van der Waals surface area contributed by atoms with Crippen LogP contribution in [0.25, 0.3) is 0 Å². The molecule has 0 aliphatic carbocycles. The number of rotatable bonds is 9. The Morgan fingerprint density at radius 3 is 2.41 bits per heavy atom. The zero-order valence-electron chi connectivity index (χ0n) is 16.8. The molecular weight excluding hydrogens is 456 g/mol. The van der Waals surface area contributed by atoms with Crippen molar-refractivity contribution in [1.29, 1.82) is 0 Å². The van der Waals surface area contributed by atoms with E-state index in [0.29, 0.717) is 17.3 Å². The van der Waals surface area contributed by atoms with Crippen molar-refractivity contribution < 1.29 is 14.3 Å². The number of benzene rings is 2. The van der Waals surface area contributed by atoms with Crippen LogP contribution in [0, 0.1) is 0 Å². The molecule has 2 rings (SSSR count). The van der Waals surface area contributed by atoms with Crippen molar-refractivity contribution >= 4 is 39.3 Å². The summed E-state index contributed by atoms with van der Waals surface area (Å²) in [6, 6.07) is 14.0. The summed E-state index contributed by atoms with van der Waals surface area (Å²) < 4.78 is 6.55. The molecule has 5 nitrogen and oxygen atoms in total. The van der Waals surface area contributed by atoms with Crippen LogP contribution in [-0.2, 0) is 16.1 Å². The van der Waals surface area contributed by atoms with E-state index in [1.54, 1.807) is 31.2 Å². The number of nitrogens with one attached hydrogen (secondary N) is 1. The molecule has 0 aromatic heterocycles. The van der Waals surface area contributed by atoms with Crippen molar-refractivity contribution in [1.82, 2.24) is 10.2 Å². The summed E-state index contributed by atoms with van der Waals surface area (Å²) in [6.45, 7) is 5.75. The largest absolute Gasteiger partial charge is 0.482 e. The summed E-state index contributed by atoms with van der Waals surface area (Å²) in [5.41, 5.74) is 0.919. The molecule has 156 valence electrons. The lowest BCUT2D eigenvalue weighted by atomic mass is 10.1. The van der Waals surface area contributed by atoms with Gasteiger partial charge in [0.25, 0.3) is 5.91 Å². The highest BCUT2D eigenvalue weighted by atomic mass is 79.9. The zero-order valence-corrected chi connectivity index (χ0v) is 19.2. The van der Waals surface area contributed by atoms with Gasteiger partial charge in [-0.2, -0.15) is 0 Å². The molecule has 0 unspecified atom stereocenters. The van der Waals surface area contributed by atoms with Crippen LogP contribution in [0.5, 0.6) is 5.75 Å². The van der Waals surface area contributed by atoms with E-state index in [0.717, 1.165) is 16.5 Å². The first kappa shape index (κ1) is 23.2. The number of halogens is 2. The summed E-state index contributed by atoms with van der Waals surface area (Å²) in [6.07, 6.45) is 0.814. The number of amides is 2. The molecule has 0 bridgehead atoms. The summed E-state index contributed by atoms with van der Waals surface area (Å²) in [5, 5.41) is 3.37. The van der Waals surface area contributed by atoms with Crippen molar-refractivity contribution in [3.63, 3.8) is 0 Å². The maximum Gasteiger partial charge on any atom is 0.261 e. The van der Waals surface area contributed by atoms with Crippen LogP contribution < -0.4 is 10.1 Å². The van der Waals surface area contributed by atoms with Crippen LogP contribution in [0.4, 0.5) is 0 Å². The van der Waals surface area contributed by atoms with E-state index in [9.17, 15) is 9.59 Å². The lowest BCUT2D eigenvalue weighted by Crippen LogP contribution is -2.50. The van der Waals surface area contributed by atoms with Crippen LogP contribution in [0.1, 0.15) is 32.8 Å². The molecule has 0 spiro atoms. The van der Waals surface area contributed by atoms with E-state index in [4.69, 9.17) is 16.3 Å². The third kappa shape index (κ3) is 7.05. The first-order chi connectivity index (χ1) is 13.8. The van der Waals surface area contributed by atoms with Gasteiger partial charge in [-0.15, -0.1) is 0 Å². The molecule has 29 heavy (non-hydrogen) atoms. The minimum absolute atomic E-state index is 0.0361. The predicted molar refractivity (Wildman–Crippen MR) is 119 cm³/mol. The average molecular weight is 482 g/mol. The van der Waals surface area contributed by atoms with Gasteiger partial charge in [-0.05, 0) is 50.1 Å². The Labute approximate surface area is 185 Å². The normalized spacial score (nSPS) is 12.7. The van der Waals surface area contributed by atoms with Crippen molar-refractivity contribution in [3.05, 3.63) is 63.6 Å². The molecule has 2 aromatic rings. The van der Waals surface area contributed by atoms with Crippen molar-refractivity contribution in [2.75, 3.05) is 6.61 Å². The molecule has 2 aromatic carbocycles. The Hall–Kier alpha value is -2.05. The van der Waals surface area contributed by atoms with Gasteiger partial charge in [0.2, 0.25) is 5.91 Å². The monoisotopic (exact) mass is 480 g/mol. The van der Waals surface area contributed by atoms with Crippen LogP contribution in [0.3, 0.4) is 0 Å². The van der Waals surface area contributed by atoms with Crippen LogP contribution in [0.15, 0.2) is 53.0 Å². The van der Waals surface area contributed by atoms with E-state index >= 15 is 0 Å². The van der Waals surface area contributed by atoms with E-state index in [-0.39, 0.29) is 24.5 Å². The second kappa shape index (κ2) is 11.2. The fraction of sp³-hybridized carbons (Fsp3) is 0.364. The lowest BCUT2D eigenvalue weighted by Gasteiger charge is -2.29. The Kier molecular flexibility index (Phi) is 8.99. The highest BCUT2D eigenvalue weighted by molar-refractivity contribution is 9.10. The predicted octanol–water partition coefficient (Wildman–Crippen LogP) is 4.81. The van der Waals surface area contributed by atoms with Gasteiger partial charge in [-0.3, -0.25) is 9.59 Å². The molecule has 0 radical (unpaired) electrons. The van der Waals surface area contributed by atoms with Gasteiger partial charge in [-0.25, -0.2) is 0 Å². The minimum atomic E-state index is -0.644. The van der Waals surface area contributed by atoms with E-state index in [2.05, 4.69) is 21.2 Å². The van der Waals surface area contributed by atoms with Crippen molar-refractivity contribution in [3.8, 4) is 5.75 Å². The fourth-order valence-electron chi connectivity index (χ4n) is 2.62. The lowest BCUT2D eigenvalue weighted by molar-refractivity contribution is -0.142. The molecule has 7 heteroatoms. The van der Waals surface area contributed by atoms with Gasteiger partial charge in [0.15, 0.2) is 6.61 Å². The molecule has 0 saturated heterocycles. The Balaban J connectivity index is 2.15. The van der Waals surface area contributed by atoms with Crippen LogP contribution in [0.2, 0.25) is 5.02 Å². The van der Waals surface area contributed by atoms with Crippen molar-refractivity contribution in [2.24, 2.45) is 0 Å². The fourth-order valence-corrected chi connectivity index (χ4v) is 3.07. The quantitative estimate of drug-likeness (QED) is 0.559. The number of para-hydroxylation sites is 1. The molecular formula is C22H26BrClN2O3. The van der Waals surface area contributed by atoms with E-state index in [1.165, 1.54) is 4.90 Å². The zero-order chi connectivity index (χ0) is 21.4. The van der Waals surface area contributed by atoms with E-state index in [1.807, 2.05) is 38.1 Å². The van der Waals surface area contributed by atoms with Gasteiger partial charge < -0.3 is 15.0 Å².